The second-order valence-electron chi connectivity index (χ2n) is 10.3. The van der Waals surface area contributed by atoms with Crippen LogP contribution in [-0.2, 0) is 6.18 Å². The zero-order valence-corrected chi connectivity index (χ0v) is 22.5. The highest BCUT2D eigenvalue weighted by Gasteiger charge is 2.32. The molecule has 208 valence electrons. The second kappa shape index (κ2) is 10.9. The summed E-state index contributed by atoms with van der Waals surface area (Å²) >= 11 is 0. The summed E-state index contributed by atoms with van der Waals surface area (Å²) in [6.45, 7) is 9.82. The van der Waals surface area contributed by atoms with E-state index in [0.717, 1.165) is 27.8 Å². The van der Waals surface area contributed by atoms with Gasteiger partial charge >= 0.3 is 17.9 Å². The molecule has 0 aliphatic carbocycles. The summed E-state index contributed by atoms with van der Waals surface area (Å²) in [5.74, 6) is 0. The van der Waals surface area contributed by atoms with Crippen molar-refractivity contribution in [3.05, 3.63) is 94.0 Å². The average molecular weight is 553 g/mol. The Balaban J connectivity index is 1.87. The third kappa shape index (κ3) is 5.84. The van der Waals surface area contributed by atoms with Crippen LogP contribution in [0.15, 0.2) is 65.6 Å². The lowest BCUT2D eigenvalue weighted by Crippen LogP contribution is -2.40. The van der Waals surface area contributed by atoms with Crippen LogP contribution in [-0.4, -0.2) is 63.7 Å². The molecule has 40 heavy (non-hydrogen) atoms. The molecule has 12 heteroatoms. The molecular formula is C28H29F3N7O2+. The molecule has 0 aliphatic rings. The molecule has 0 aliphatic heterocycles. The Morgan fingerprint density at radius 3 is 2.40 bits per heavy atom. The van der Waals surface area contributed by atoms with Gasteiger partial charge in [0.05, 0.1) is 68.8 Å². The molecule has 0 spiro atoms. The van der Waals surface area contributed by atoms with Crippen LogP contribution in [0.1, 0.15) is 17.7 Å². The van der Waals surface area contributed by atoms with Crippen molar-refractivity contribution >= 4 is 11.7 Å². The van der Waals surface area contributed by atoms with Crippen LogP contribution in [0, 0.1) is 13.5 Å². The van der Waals surface area contributed by atoms with Crippen molar-refractivity contribution in [3.63, 3.8) is 0 Å². The number of amides is 1. The highest BCUT2D eigenvalue weighted by Crippen LogP contribution is 2.32. The minimum atomic E-state index is -4.61. The van der Waals surface area contributed by atoms with Gasteiger partial charge in [-0.05, 0) is 43.3 Å². The summed E-state index contributed by atoms with van der Waals surface area (Å²) in [6.07, 6.45) is -2.47. The zero-order valence-electron chi connectivity index (χ0n) is 22.5. The minimum Gasteiger partial charge on any atom is -0.337 e. The molecule has 2 aromatic heterocycles. The van der Waals surface area contributed by atoms with Crippen LogP contribution in [0.2, 0.25) is 0 Å². The van der Waals surface area contributed by atoms with Crippen molar-refractivity contribution in [1.82, 2.24) is 24.2 Å². The largest absolute Gasteiger partial charge is 0.416 e. The maximum absolute atomic E-state index is 13.7. The van der Waals surface area contributed by atoms with E-state index < -0.39 is 23.5 Å². The lowest BCUT2D eigenvalue weighted by atomic mass is 10.2. The molecule has 2 heterocycles. The summed E-state index contributed by atoms with van der Waals surface area (Å²) < 4.78 is 44.7. The number of quaternary nitrogens is 1. The summed E-state index contributed by atoms with van der Waals surface area (Å²) in [6, 6.07) is 11.9. The fourth-order valence-corrected chi connectivity index (χ4v) is 4.41. The van der Waals surface area contributed by atoms with E-state index in [9.17, 15) is 22.8 Å². The molecule has 0 fully saturated rings. The van der Waals surface area contributed by atoms with Gasteiger partial charge < -0.3 is 9.80 Å². The number of hydrogen-bond donors (Lipinski definition) is 1. The Labute approximate surface area is 229 Å². The van der Waals surface area contributed by atoms with Crippen LogP contribution in [0.4, 0.5) is 23.7 Å². The van der Waals surface area contributed by atoms with E-state index in [2.05, 4.69) is 15.3 Å². The highest BCUT2D eigenvalue weighted by molar-refractivity contribution is 5.83. The topological polar surface area (TPSA) is 78.2 Å². The first kappa shape index (κ1) is 28.4. The molecule has 1 N–H and O–H groups in total. The molecular weight excluding hydrogens is 523 g/mol. The molecule has 0 saturated carbocycles. The first-order valence-electron chi connectivity index (χ1n) is 12.4. The molecule has 0 saturated heterocycles. The van der Waals surface area contributed by atoms with Gasteiger partial charge in [0.2, 0.25) is 0 Å². The van der Waals surface area contributed by atoms with Gasteiger partial charge in [0, 0.05) is 13.0 Å². The number of hydrogen-bond acceptors (Lipinski definition) is 3. The van der Waals surface area contributed by atoms with Gasteiger partial charge in [0.1, 0.15) is 5.69 Å². The lowest BCUT2D eigenvalue weighted by molar-refractivity contribution is -0.870. The van der Waals surface area contributed by atoms with Crippen LogP contribution < -0.4 is 11.0 Å². The van der Waals surface area contributed by atoms with Gasteiger partial charge in [-0.2, -0.15) is 18.3 Å². The van der Waals surface area contributed by atoms with E-state index in [1.54, 1.807) is 37.3 Å². The average Bonchev–Trinajstić information content (AvgIpc) is 3.47. The third-order valence-electron chi connectivity index (χ3n) is 6.31. The van der Waals surface area contributed by atoms with E-state index in [4.69, 9.17) is 6.57 Å². The van der Waals surface area contributed by atoms with Gasteiger partial charge in [-0.3, -0.25) is 4.57 Å². The van der Waals surface area contributed by atoms with E-state index >= 15 is 0 Å². The van der Waals surface area contributed by atoms with Crippen molar-refractivity contribution in [1.29, 1.82) is 0 Å². The van der Waals surface area contributed by atoms with E-state index in [0.29, 0.717) is 34.5 Å². The van der Waals surface area contributed by atoms with Gasteiger partial charge in [-0.1, -0.05) is 18.2 Å². The predicted octanol–water partition coefficient (Wildman–Crippen LogP) is 5.02. The Bertz CT molecular complexity index is 1630. The SMILES string of the molecule is [C-]#[N+]c1ccc(-n2nccc2-c2c(C)n(-c3cccc(C(F)(F)F)c3)c(=O)n2C(=O)NCCC[N+](C)(C)C)cc1. The van der Waals surface area contributed by atoms with Crippen LogP contribution in [0.25, 0.3) is 27.6 Å². The van der Waals surface area contributed by atoms with Gasteiger partial charge in [0.15, 0.2) is 5.69 Å². The standard InChI is InChI=1S/C28H28F3N7O2/c1-19-25(24-14-16-34-37(24)22-12-10-21(32-2)11-13-22)36(26(39)33-15-7-17-38(3,4)5)27(40)35(19)23-9-6-8-20(18-23)28(29,30)31/h6,8-14,16,18H,7,15,17H2,1,3-5H3/p+1. The van der Waals surface area contributed by atoms with Crippen molar-refractivity contribution in [2.24, 2.45) is 0 Å². The molecule has 0 bridgehead atoms. The van der Waals surface area contributed by atoms with Crippen molar-refractivity contribution in [3.8, 4) is 22.8 Å². The number of halogens is 3. The molecule has 2 aromatic carbocycles. The monoisotopic (exact) mass is 552 g/mol. The summed E-state index contributed by atoms with van der Waals surface area (Å²) in [4.78, 5) is 30.6. The number of rotatable bonds is 7. The minimum absolute atomic E-state index is 0.0253. The van der Waals surface area contributed by atoms with E-state index in [1.807, 2.05) is 21.1 Å². The van der Waals surface area contributed by atoms with Gasteiger partial charge in [-0.15, -0.1) is 0 Å². The fraction of sp³-hybridized carbons (Fsp3) is 0.286. The van der Waals surface area contributed by atoms with Crippen molar-refractivity contribution < 1.29 is 22.4 Å². The second-order valence-corrected chi connectivity index (χ2v) is 10.3. The smallest absolute Gasteiger partial charge is 0.337 e. The van der Waals surface area contributed by atoms with Crippen LogP contribution >= 0.6 is 0 Å². The zero-order chi connectivity index (χ0) is 29.2. The summed E-state index contributed by atoms with van der Waals surface area (Å²) in [5.41, 5.74) is 0.0476. The molecule has 9 nitrogen and oxygen atoms in total. The first-order valence-corrected chi connectivity index (χ1v) is 12.4. The fourth-order valence-electron chi connectivity index (χ4n) is 4.41. The molecule has 4 aromatic rings. The van der Waals surface area contributed by atoms with E-state index in [1.165, 1.54) is 23.0 Å². The molecule has 4 rings (SSSR count). The Hall–Kier alpha value is -4.63. The number of imidazole rings is 1. The quantitative estimate of drug-likeness (QED) is 0.199. The number of nitrogens with zero attached hydrogens (tertiary/aromatic N) is 6. The Morgan fingerprint density at radius 1 is 1.07 bits per heavy atom. The Kier molecular flexibility index (Phi) is 7.70. The number of alkyl halides is 3. The van der Waals surface area contributed by atoms with Crippen LogP contribution in [0.3, 0.4) is 0 Å². The maximum Gasteiger partial charge on any atom is 0.416 e. The summed E-state index contributed by atoms with van der Waals surface area (Å²) in [5, 5.41) is 7.13. The first-order chi connectivity index (χ1) is 18.8. The highest BCUT2D eigenvalue weighted by atomic mass is 19.4. The third-order valence-corrected chi connectivity index (χ3v) is 6.31. The predicted molar refractivity (Wildman–Crippen MR) is 145 cm³/mol. The number of carbonyl (C=O) groups excluding carboxylic acids is 1. The van der Waals surface area contributed by atoms with E-state index in [-0.39, 0.29) is 17.1 Å². The van der Waals surface area contributed by atoms with Crippen molar-refractivity contribution in [2.45, 2.75) is 19.5 Å². The molecule has 0 atom stereocenters. The lowest BCUT2D eigenvalue weighted by Gasteiger charge is -2.23. The number of carbonyl (C=O) groups is 1. The normalized spacial score (nSPS) is 11.8. The summed E-state index contributed by atoms with van der Waals surface area (Å²) in [7, 11) is 6.07. The molecule has 0 radical (unpaired) electrons. The number of benzene rings is 2. The number of nitrogens with one attached hydrogen (secondary N) is 1. The van der Waals surface area contributed by atoms with Gasteiger partial charge in [-0.25, -0.2) is 23.7 Å². The molecule has 0 unspecified atom stereocenters. The Morgan fingerprint density at radius 2 is 1.77 bits per heavy atom. The van der Waals surface area contributed by atoms with Gasteiger partial charge in [0.25, 0.3) is 0 Å². The van der Waals surface area contributed by atoms with Crippen molar-refractivity contribution in [2.75, 3.05) is 34.2 Å². The van der Waals surface area contributed by atoms with Crippen LogP contribution in [0.5, 0.6) is 0 Å². The molecule has 1 amide bonds. The maximum atomic E-state index is 13.7. The number of aromatic nitrogens is 4.